The van der Waals surface area contributed by atoms with Gasteiger partial charge in [-0.2, -0.15) is 0 Å². The molecule has 0 amide bonds. The van der Waals surface area contributed by atoms with Crippen LogP contribution in [0.15, 0.2) is 0 Å². The van der Waals surface area contributed by atoms with Gasteiger partial charge in [-0.05, 0) is 12.8 Å². The maximum absolute atomic E-state index is 11.3. The standard InChI is InChI=1S/C9H19NO4S/c1-3-4-7-10-15(12,13)8-5-6-9(11)14-2/h10H,3-8H2,1-2H3. The third kappa shape index (κ3) is 8.38. The Labute approximate surface area is 91.2 Å². The summed E-state index contributed by atoms with van der Waals surface area (Å²) >= 11 is 0. The summed E-state index contributed by atoms with van der Waals surface area (Å²) in [4.78, 5) is 10.7. The molecule has 5 nitrogen and oxygen atoms in total. The van der Waals surface area contributed by atoms with E-state index in [0.717, 1.165) is 12.8 Å². The average Bonchev–Trinajstić information content (AvgIpc) is 2.17. The van der Waals surface area contributed by atoms with Crippen molar-refractivity contribution in [2.45, 2.75) is 32.6 Å². The van der Waals surface area contributed by atoms with Crippen molar-refractivity contribution in [2.75, 3.05) is 19.4 Å². The van der Waals surface area contributed by atoms with E-state index < -0.39 is 10.0 Å². The molecule has 0 aliphatic rings. The molecule has 0 saturated heterocycles. The minimum Gasteiger partial charge on any atom is -0.469 e. The van der Waals surface area contributed by atoms with Crippen molar-refractivity contribution in [1.82, 2.24) is 4.72 Å². The van der Waals surface area contributed by atoms with Crippen LogP contribution < -0.4 is 4.72 Å². The van der Waals surface area contributed by atoms with Crippen LogP contribution in [-0.4, -0.2) is 33.8 Å². The SMILES string of the molecule is CCCCNS(=O)(=O)CCCC(=O)OC. The molecule has 6 heteroatoms. The fraction of sp³-hybridized carbons (Fsp3) is 0.889. The van der Waals surface area contributed by atoms with Crippen molar-refractivity contribution in [3.05, 3.63) is 0 Å². The highest BCUT2D eigenvalue weighted by molar-refractivity contribution is 7.89. The summed E-state index contributed by atoms with van der Waals surface area (Å²) in [6.07, 6.45) is 2.22. The lowest BCUT2D eigenvalue weighted by Gasteiger charge is -2.05. The van der Waals surface area contributed by atoms with Gasteiger partial charge in [0.2, 0.25) is 10.0 Å². The Morgan fingerprint density at radius 2 is 2.00 bits per heavy atom. The van der Waals surface area contributed by atoms with Gasteiger partial charge in [0.1, 0.15) is 0 Å². The lowest BCUT2D eigenvalue weighted by Crippen LogP contribution is -2.27. The molecule has 0 radical (unpaired) electrons. The zero-order chi connectivity index (χ0) is 11.7. The molecule has 0 aliphatic carbocycles. The first-order valence-corrected chi connectivity index (χ1v) is 6.71. The van der Waals surface area contributed by atoms with Crippen molar-refractivity contribution in [3.8, 4) is 0 Å². The molecular formula is C9H19NO4S. The molecule has 0 atom stereocenters. The zero-order valence-electron chi connectivity index (χ0n) is 9.28. The van der Waals surface area contributed by atoms with Gasteiger partial charge in [-0.1, -0.05) is 13.3 Å². The smallest absolute Gasteiger partial charge is 0.305 e. The molecule has 0 aromatic heterocycles. The van der Waals surface area contributed by atoms with Gasteiger partial charge in [0.15, 0.2) is 0 Å². The summed E-state index contributed by atoms with van der Waals surface area (Å²) in [6, 6.07) is 0. The maximum Gasteiger partial charge on any atom is 0.305 e. The number of carbonyl (C=O) groups excluding carboxylic acids is 1. The largest absolute Gasteiger partial charge is 0.469 e. The molecule has 0 rings (SSSR count). The summed E-state index contributed by atoms with van der Waals surface area (Å²) in [5, 5.41) is 0. The van der Waals surface area contributed by atoms with E-state index in [4.69, 9.17) is 0 Å². The fourth-order valence-electron chi connectivity index (χ4n) is 0.985. The minimum absolute atomic E-state index is 0.0220. The number of unbranched alkanes of at least 4 members (excludes halogenated alkanes) is 1. The molecular weight excluding hydrogens is 218 g/mol. The highest BCUT2D eigenvalue weighted by Gasteiger charge is 2.10. The number of ether oxygens (including phenoxy) is 1. The van der Waals surface area contributed by atoms with E-state index in [1.165, 1.54) is 7.11 Å². The average molecular weight is 237 g/mol. The van der Waals surface area contributed by atoms with E-state index in [9.17, 15) is 13.2 Å². The van der Waals surface area contributed by atoms with Gasteiger partial charge in [0, 0.05) is 13.0 Å². The second kappa shape index (κ2) is 7.64. The Hall–Kier alpha value is -0.620. The van der Waals surface area contributed by atoms with E-state index >= 15 is 0 Å². The van der Waals surface area contributed by atoms with Crippen molar-refractivity contribution in [1.29, 1.82) is 0 Å². The van der Waals surface area contributed by atoms with Crippen LogP contribution in [0.2, 0.25) is 0 Å². The number of nitrogens with one attached hydrogen (secondary N) is 1. The molecule has 0 aromatic carbocycles. The number of methoxy groups -OCH3 is 1. The third-order valence-corrected chi connectivity index (χ3v) is 3.34. The molecule has 0 aromatic rings. The Balaban J connectivity index is 3.70. The predicted octanol–water partition coefficient (Wildman–Crippen LogP) is 0.659. The normalized spacial score (nSPS) is 11.3. The first kappa shape index (κ1) is 14.4. The van der Waals surface area contributed by atoms with Crippen molar-refractivity contribution in [3.63, 3.8) is 0 Å². The second-order valence-electron chi connectivity index (χ2n) is 3.25. The van der Waals surface area contributed by atoms with E-state index in [-0.39, 0.29) is 18.1 Å². The quantitative estimate of drug-likeness (QED) is 0.497. The minimum atomic E-state index is -3.22. The van der Waals surface area contributed by atoms with E-state index in [0.29, 0.717) is 13.0 Å². The zero-order valence-corrected chi connectivity index (χ0v) is 10.1. The number of rotatable bonds is 8. The molecule has 1 N–H and O–H groups in total. The van der Waals surface area contributed by atoms with Crippen LogP contribution in [0.25, 0.3) is 0 Å². The van der Waals surface area contributed by atoms with Gasteiger partial charge in [-0.15, -0.1) is 0 Å². The third-order valence-electron chi connectivity index (χ3n) is 1.87. The van der Waals surface area contributed by atoms with Crippen LogP contribution in [0.3, 0.4) is 0 Å². The number of esters is 1. The van der Waals surface area contributed by atoms with Crippen LogP contribution in [-0.2, 0) is 19.6 Å². The Morgan fingerprint density at radius 3 is 2.53 bits per heavy atom. The first-order chi connectivity index (χ1) is 7.02. The molecule has 0 fully saturated rings. The Kier molecular flexibility index (Phi) is 7.33. The van der Waals surface area contributed by atoms with E-state index in [1.807, 2.05) is 6.92 Å². The van der Waals surface area contributed by atoms with E-state index in [2.05, 4.69) is 9.46 Å². The Morgan fingerprint density at radius 1 is 1.33 bits per heavy atom. The van der Waals surface area contributed by atoms with Gasteiger partial charge in [0.25, 0.3) is 0 Å². The van der Waals surface area contributed by atoms with Gasteiger partial charge in [-0.3, -0.25) is 4.79 Å². The molecule has 90 valence electrons. The first-order valence-electron chi connectivity index (χ1n) is 5.06. The van der Waals surface area contributed by atoms with Gasteiger partial charge >= 0.3 is 5.97 Å². The van der Waals surface area contributed by atoms with Crippen molar-refractivity contribution in [2.24, 2.45) is 0 Å². The molecule has 0 aliphatic heterocycles. The lowest BCUT2D eigenvalue weighted by molar-refractivity contribution is -0.140. The molecule has 0 bridgehead atoms. The summed E-state index contributed by atoms with van der Waals surface area (Å²) in [5.41, 5.74) is 0. The highest BCUT2D eigenvalue weighted by Crippen LogP contribution is 1.97. The molecule has 0 unspecified atom stereocenters. The van der Waals surface area contributed by atoms with Crippen LogP contribution >= 0.6 is 0 Å². The number of hydrogen-bond donors (Lipinski definition) is 1. The van der Waals surface area contributed by atoms with Gasteiger partial charge in [0.05, 0.1) is 12.9 Å². The van der Waals surface area contributed by atoms with Gasteiger partial charge in [-0.25, -0.2) is 13.1 Å². The van der Waals surface area contributed by atoms with Crippen LogP contribution in [0, 0.1) is 0 Å². The van der Waals surface area contributed by atoms with Crippen molar-refractivity contribution >= 4 is 16.0 Å². The van der Waals surface area contributed by atoms with Crippen molar-refractivity contribution < 1.29 is 17.9 Å². The fourth-order valence-corrected chi connectivity index (χ4v) is 2.11. The van der Waals surface area contributed by atoms with E-state index in [1.54, 1.807) is 0 Å². The van der Waals surface area contributed by atoms with Crippen LogP contribution in [0.1, 0.15) is 32.6 Å². The molecule has 0 heterocycles. The topological polar surface area (TPSA) is 72.5 Å². The van der Waals surface area contributed by atoms with Gasteiger partial charge < -0.3 is 4.74 Å². The molecule has 0 saturated carbocycles. The maximum atomic E-state index is 11.3. The second-order valence-corrected chi connectivity index (χ2v) is 5.17. The molecule has 0 spiro atoms. The van der Waals surface area contributed by atoms with Crippen LogP contribution in [0.5, 0.6) is 0 Å². The molecule has 15 heavy (non-hydrogen) atoms. The predicted molar refractivity (Wildman–Crippen MR) is 57.9 cm³/mol. The number of sulfonamides is 1. The summed E-state index contributed by atoms with van der Waals surface area (Å²) < 4.78 is 29.5. The number of hydrogen-bond acceptors (Lipinski definition) is 4. The number of carbonyl (C=O) groups is 1. The Bertz CT molecular complexity index is 274. The highest BCUT2D eigenvalue weighted by atomic mass is 32.2. The summed E-state index contributed by atoms with van der Waals surface area (Å²) in [7, 11) is -1.93. The monoisotopic (exact) mass is 237 g/mol. The lowest BCUT2D eigenvalue weighted by atomic mass is 10.3. The summed E-state index contributed by atoms with van der Waals surface area (Å²) in [5.74, 6) is -0.398. The summed E-state index contributed by atoms with van der Waals surface area (Å²) in [6.45, 7) is 2.46. The van der Waals surface area contributed by atoms with Crippen LogP contribution in [0.4, 0.5) is 0 Å².